The number of benzene rings is 2. The molecule has 166 valence electrons. The number of nitrogens with one attached hydrogen (secondary N) is 1. The zero-order valence-corrected chi connectivity index (χ0v) is 18.1. The zero-order valence-electron chi connectivity index (χ0n) is 18.1. The fraction of sp³-hybridized carbons (Fsp3) is 0.200. The van der Waals surface area contributed by atoms with Gasteiger partial charge in [0.2, 0.25) is 11.9 Å². The summed E-state index contributed by atoms with van der Waals surface area (Å²) in [5, 5.41) is 2.89. The van der Waals surface area contributed by atoms with Crippen LogP contribution < -0.4 is 15.0 Å². The molecule has 1 atom stereocenters. The van der Waals surface area contributed by atoms with Crippen molar-refractivity contribution in [2.24, 2.45) is 0 Å². The molecule has 5 rings (SSSR count). The second kappa shape index (κ2) is 8.74. The van der Waals surface area contributed by atoms with E-state index in [1.807, 2.05) is 47.9 Å². The molecule has 1 N–H and O–H groups in total. The third-order valence-electron chi connectivity index (χ3n) is 5.57. The van der Waals surface area contributed by atoms with Crippen LogP contribution in [-0.2, 0) is 16.1 Å². The molecule has 2 aromatic heterocycles. The summed E-state index contributed by atoms with van der Waals surface area (Å²) in [4.78, 5) is 36.8. The first-order valence-electron chi connectivity index (χ1n) is 10.8. The Bertz CT molecular complexity index is 1300. The zero-order chi connectivity index (χ0) is 22.8. The number of fused-ring (bicyclic) bond motifs is 3. The van der Waals surface area contributed by atoms with Crippen molar-refractivity contribution in [2.45, 2.75) is 25.9 Å². The molecule has 0 unspecified atom stereocenters. The molecule has 1 aliphatic rings. The van der Waals surface area contributed by atoms with Crippen LogP contribution in [0.1, 0.15) is 24.9 Å². The van der Waals surface area contributed by atoms with Gasteiger partial charge in [0.05, 0.1) is 30.6 Å². The average molecular weight is 441 g/mol. The van der Waals surface area contributed by atoms with Gasteiger partial charge in [-0.1, -0.05) is 18.2 Å². The van der Waals surface area contributed by atoms with Crippen LogP contribution in [-0.4, -0.2) is 33.0 Å². The van der Waals surface area contributed by atoms with E-state index in [-0.39, 0.29) is 18.2 Å². The lowest BCUT2D eigenvalue weighted by molar-refractivity contribution is -0.124. The van der Waals surface area contributed by atoms with Gasteiger partial charge in [-0.15, -0.1) is 0 Å². The summed E-state index contributed by atoms with van der Waals surface area (Å²) in [5.74, 6) is 0.879. The van der Waals surface area contributed by atoms with E-state index in [1.165, 1.54) is 0 Å². The predicted molar refractivity (Wildman–Crippen MR) is 125 cm³/mol. The normalized spacial score (nSPS) is 15.0. The maximum atomic E-state index is 13.4. The second-order valence-electron chi connectivity index (χ2n) is 7.78. The number of rotatable bonds is 7. The van der Waals surface area contributed by atoms with Crippen molar-refractivity contribution in [3.63, 3.8) is 0 Å². The Labute approximate surface area is 190 Å². The van der Waals surface area contributed by atoms with Gasteiger partial charge in [-0.3, -0.25) is 24.0 Å². The number of para-hydroxylation sites is 2. The van der Waals surface area contributed by atoms with Gasteiger partial charge in [0.15, 0.2) is 0 Å². The molecule has 0 bridgehead atoms. The quantitative estimate of drug-likeness (QED) is 0.469. The highest BCUT2D eigenvalue weighted by molar-refractivity contribution is 6.05. The topological polar surface area (TPSA) is 89.3 Å². The number of ether oxygens (including phenoxy) is 1. The number of amides is 2. The van der Waals surface area contributed by atoms with Gasteiger partial charge < -0.3 is 10.1 Å². The van der Waals surface area contributed by atoms with Gasteiger partial charge in [-0.05, 0) is 55.0 Å². The van der Waals surface area contributed by atoms with E-state index >= 15 is 0 Å². The van der Waals surface area contributed by atoms with Crippen LogP contribution in [0.2, 0.25) is 0 Å². The highest BCUT2D eigenvalue weighted by Gasteiger charge is 2.40. The summed E-state index contributed by atoms with van der Waals surface area (Å²) in [6, 6.07) is 17.9. The van der Waals surface area contributed by atoms with E-state index in [2.05, 4.69) is 10.3 Å². The molecule has 2 amide bonds. The summed E-state index contributed by atoms with van der Waals surface area (Å²) < 4.78 is 7.31. The maximum Gasteiger partial charge on any atom is 0.253 e. The van der Waals surface area contributed by atoms with E-state index < -0.39 is 6.04 Å². The summed E-state index contributed by atoms with van der Waals surface area (Å²) in [6.07, 6.45) is 3.42. The molecule has 4 aromatic rings. The molecule has 0 saturated heterocycles. The van der Waals surface area contributed by atoms with Crippen molar-refractivity contribution < 1.29 is 14.3 Å². The Balaban J connectivity index is 1.41. The first-order chi connectivity index (χ1) is 16.1. The number of nitrogens with zero attached hydrogens (tertiary/aromatic N) is 4. The Morgan fingerprint density at radius 1 is 1.09 bits per heavy atom. The second-order valence-corrected chi connectivity index (χ2v) is 7.78. The first kappa shape index (κ1) is 20.7. The number of aromatic nitrogens is 3. The van der Waals surface area contributed by atoms with Crippen molar-refractivity contribution in [2.75, 3.05) is 16.8 Å². The molecule has 0 aliphatic carbocycles. The van der Waals surface area contributed by atoms with Crippen LogP contribution in [0.3, 0.4) is 0 Å². The summed E-state index contributed by atoms with van der Waals surface area (Å²) in [6.45, 7) is 2.83. The van der Waals surface area contributed by atoms with Crippen LogP contribution in [0.25, 0.3) is 11.0 Å². The summed E-state index contributed by atoms with van der Waals surface area (Å²) in [5.41, 5.74) is 3.15. The van der Waals surface area contributed by atoms with Crippen molar-refractivity contribution in [1.82, 2.24) is 14.5 Å². The minimum Gasteiger partial charge on any atom is -0.494 e. The van der Waals surface area contributed by atoms with E-state index in [0.717, 1.165) is 22.3 Å². The Kier molecular flexibility index (Phi) is 5.48. The van der Waals surface area contributed by atoms with Crippen molar-refractivity contribution >= 4 is 34.5 Å². The third kappa shape index (κ3) is 4.03. The van der Waals surface area contributed by atoms with Crippen LogP contribution in [0.5, 0.6) is 5.75 Å². The number of pyridine rings is 1. The molecule has 33 heavy (non-hydrogen) atoms. The molecular weight excluding hydrogens is 418 g/mol. The molecule has 0 spiro atoms. The Morgan fingerprint density at radius 3 is 2.67 bits per heavy atom. The molecule has 3 heterocycles. The van der Waals surface area contributed by atoms with Crippen molar-refractivity contribution in [1.29, 1.82) is 0 Å². The first-order valence-corrected chi connectivity index (χ1v) is 10.8. The van der Waals surface area contributed by atoms with E-state index in [4.69, 9.17) is 9.72 Å². The third-order valence-corrected chi connectivity index (χ3v) is 5.57. The highest BCUT2D eigenvalue weighted by atomic mass is 16.5. The van der Waals surface area contributed by atoms with Gasteiger partial charge in [-0.25, -0.2) is 4.98 Å². The number of carbonyl (C=O) groups is 2. The molecule has 1 aliphatic heterocycles. The highest BCUT2D eigenvalue weighted by Crippen LogP contribution is 2.37. The largest absolute Gasteiger partial charge is 0.494 e. The number of imidazole rings is 1. The standard InChI is InChI=1S/C25H23N5O3/c1-2-33-19-11-9-18(10-12-19)27-23(31)14-22-24(32)29(16-17-6-5-13-26-15-17)25-28-20-7-3-4-8-21(20)30(22)25/h3-13,15,22H,2,14,16H2,1H3,(H,27,31)/t22-/m0/s1. The van der Waals surface area contributed by atoms with Crippen LogP contribution in [0.4, 0.5) is 11.6 Å². The average Bonchev–Trinajstić information content (AvgIpc) is 3.32. The van der Waals surface area contributed by atoms with Gasteiger partial charge in [0, 0.05) is 18.1 Å². The molecule has 8 heteroatoms. The Hall–Kier alpha value is -4.20. The van der Waals surface area contributed by atoms with Crippen LogP contribution in [0.15, 0.2) is 73.1 Å². The lowest BCUT2D eigenvalue weighted by atomic mass is 10.1. The lowest BCUT2D eigenvalue weighted by Gasteiger charge is -2.16. The molecule has 0 fully saturated rings. The molecule has 2 aromatic carbocycles. The van der Waals surface area contributed by atoms with E-state index in [1.54, 1.807) is 41.6 Å². The number of hydrogen-bond acceptors (Lipinski definition) is 5. The van der Waals surface area contributed by atoms with Gasteiger partial charge in [0.25, 0.3) is 5.91 Å². The van der Waals surface area contributed by atoms with E-state index in [9.17, 15) is 9.59 Å². The van der Waals surface area contributed by atoms with Crippen LogP contribution >= 0.6 is 0 Å². The summed E-state index contributed by atoms with van der Waals surface area (Å²) >= 11 is 0. The molecular formula is C25H23N5O3. The lowest BCUT2D eigenvalue weighted by Crippen LogP contribution is -2.31. The molecule has 0 radical (unpaired) electrons. The summed E-state index contributed by atoms with van der Waals surface area (Å²) in [7, 11) is 0. The minimum absolute atomic E-state index is 0.00292. The van der Waals surface area contributed by atoms with Gasteiger partial charge in [-0.2, -0.15) is 0 Å². The minimum atomic E-state index is -0.674. The van der Waals surface area contributed by atoms with Gasteiger partial charge >= 0.3 is 0 Å². The van der Waals surface area contributed by atoms with Crippen LogP contribution in [0, 0.1) is 0 Å². The maximum absolute atomic E-state index is 13.4. The number of hydrogen-bond donors (Lipinski definition) is 1. The van der Waals surface area contributed by atoms with E-state index in [0.29, 0.717) is 24.8 Å². The van der Waals surface area contributed by atoms with Crippen molar-refractivity contribution in [3.8, 4) is 5.75 Å². The predicted octanol–water partition coefficient (Wildman–Crippen LogP) is 3.95. The smallest absolute Gasteiger partial charge is 0.253 e. The monoisotopic (exact) mass is 441 g/mol. The number of carbonyl (C=O) groups excluding carboxylic acids is 2. The fourth-order valence-electron chi connectivity index (χ4n) is 4.11. The molecule has 8 nitrogen and oxygen atoms in total. The SMILES string of the molecule is CCOc1ccc(NC(=O)C[C@H]2C(=O)N(Cc3cccnc3)c3nc4ccccc4n32)cc1. The van der Waals surface area contributed by atoms with Crippen molar-refractivity contribution in [3.05, 3.63) is 78.6 Å². The number of anilines is 2. The molecule has 0 saturated carbocycles. The fourth-order valence-corrected chi connectivity index (χ4v) is 4.11. The van der Waals surface area contributed by atoms with Gasteiger partial charge in [0.1, 0.15) is 11.8 Å². The Morgan fingerprint density at radius 2 is 1.91 bits per heavy atom.